The van der Waals surface area contributed by atoms with Crippen molar-refractivity contribution < 1.29 is 22.0 Å². The molecule has 1 N–H and O–H groups in total. The summed E-state index contributed by atoms with van der Waals surface area (Å²) >= 11 is 0. The van der Waals surface area contributed by atoms with Crippen LogP contribution >= 0.6 is 0 Å². The van der Waals surface area contributed by atoms with Gasteiger partial charge in [-0.25, -0.2) is 21.9 Å². The van der Waals surface area contributed by atoms with Crippen LogP contribution in [-0.4, -0.2) is 45.1 Å². The molecule has 1 saturated heterocycles. The highest BCUT2D eigenvalue weighted by Crippen LogP contribution is 2.51. The molecule has 0 spiro atoms. The molecular formula is C23H26F2N2O3S. The van der Waals surface area contributed by atoms with Gasteiger partial charge in [0, 0.05) is 25.6 Å². The largest absolute Gasteiger partial charge is 0.342 e. The summed E-state index contributed by atoms with van der Waals surface area (Å²) in [5.74, 6) is -1.39. The number of hydrogen-bond acceptors (Lipinski definition) is 3. The number of hydrogen-bond donors (Lipinski definition) is 1. The number of amides is 1. The number of halogens is 2. The van der Waals surface area contributed by atoms with E-state index < -0.39 is 21.7 Å². The third-order valence-electron chi connectivity index (χ3n) is 6.16. The molecule has 31 heavy (non-hydrogen) atoms. The molecule has 1 aliphatic carbocycles. The van der Waals surface area contributed by atoms with Gasteiger partial charge in [-0.1, -0.05) is 30.3 Å². The molecule has 0 bridgehead atoms. The van der Waals surface area contributed by atoms with Crippen LogP contribution in [0.4, 0.5) is 8.78 Å². The lowest BCUT2D eigenvalue weighted by molar-refractivity contribution is -0.134. The molecule has 0 unspecified atom stereocenters. The molecule has 5 nitrogen and oxygen atoms in total. The van der Waals surface area contributed by atoms with Crippen LogP contribution in [0.2, 0.25) is 0 Å². The molecule has 1 amide bonds. The summed E-state index contributed by atoms with van der Waals surface area (Å²) in [7, 11) is -3.26. The first-order valence-electron chi connectivity index (χ1n) is 10.5. The molecule has 8 heteroatoms. The summed E-state index contributed by atoms with van der Waals surface area (Å²) in [5.41, 5.74) is 1.23. The minimum atomic E-state index is -3.26. The Morgan fingerprint density at radius 2 is 1.84 bits per heavy atom. The van der Waals surface area contributed by atoms with Crippen molar-refractivity contribution in [3.8, 4) is 11.1 Å². The lowest BCUT2D eigenvalue weighted by Gasteiger charge is -2.33. The van der Waals surface area contributed by atoms with Crippen LogP contribution in [0.15, 0.2) is 42.5 Å². The third kappa shape index (κ3) is 4.96. The van der Waals surface area contributed by atoms with E-state index in [-0.39, 0.29) is 29.2 Å². The second kappa shape index (κ2) is 8.67. The maximum atomic E-state index is 14.4. The fourth-order valence-corrected chi connectivity index (χ4v) is 5.09. The van der Waals surface area contributed by atoms with Gasteiger partial charge in [0.2, 0.25) is 15.9 Å². The van der Waals surface area contributed by atoms with E-state index in [1.165, 1.54) is 18.2 Å². The predicted molar refractivity (Wildman–Crippen MR) is 115 cm³/mol. The number of nitrogens with zero attached hydrogens (tertiary/aromatic N) is 1. The van der Waals surface area contributed by atoms with Gasteiger partial charge in [-0.3, -0.25) is 4.79 Å². The highest BCUT2D eigenvalue weighted by molar-refractivity contribution is 7.88. The lowest BCUT2D eigenvalue weighted by atomic mass is 9.94. The van der Waals surface area contributed by atoms with Crippen molar-refractivity contribution in [1.82, 2.24) is 9.62 Å². The molecule has 1 aliphatic heterocycles. The zero-order valence-electron chi connectivity index (χ0n) is 17.4. The molecule has 0 radical (unpaired) electrons. The minimum absolute atomic E-state index is 0.0397. The van der Waals surface area contributed by atoms with Gasteiger partial charge in [-0.05, 0) is 54.4 Å². The molecule has 2 fully saturated rings. The number of rotatable bonds is 6. The van der Waals surface area contributed by atoms with Crippen molar-refractivity contribution in [2.24, 2.45) is 11.8 Å². The topological polar surface area (TPSA) is 66.5 Å². The first kappa shape index (κ1) is 21.9. The highest BCUT2D eigenvalue weighted by atomic mass is 32.2. The Balaban J connectivity index is 1.48. The number of likely N-dealkylation sites (tertiary alicyclic amines) is 1. The van der Waals surface area contributed by atoms with E-state index in [2.05, 4.69) is 4.72 Å². The SMILES string of the molecule is CS(=O)(=O)NC[C@@H]1CCCN(C(=O)[C@@H]2C[C@H]2c2ccccc2-c2c(F)cccc2F)C1. The molecule has 166 valence electrons. The van der Waals surface area contributed by atoms with Gasteiger partial charge in [0.15, 0.2) is 0 Å². The monoisotopic (exact) mass is 448 g/mol. The maximum absolute atomic E-state index is 14.4. The van der Waals surface area contributed by atoms with Crippen molar-refractivity contribution >= 4 is 15.9 Å². The summed E-state index contributed by atoms with van der Waals surface area (Å²) < 4.78 is 54.0. The molecule has 1 heterocycles. The highest BCUT2D eigenvalue weighted by Gasteiger charge is 2.47. The smallest absolute Gasteiger partial charge is 0.226 e. The molecule has 4 rings (SSSR count). The summed E-state index contributed by atoms with van der Waals surface area (Å²) in [6, 6.07) is 10.9. The Morgan fingerprint density at radius 3 is 2.55 bits per heavy atom. The molecular weight excluding hydrogens is 422 g/mol. The van der Waals surface area contributed by atoms with Crippen LogP contribution in [0.1, 0.15) is 30.7 Å². The van der Waals surface area contributed by atoms with Crippen LogP contribution in [0.5, 0.6) is 0 Å². The second-order valence-corrected chi connectivity index (χ2v) is 10.4. The fourth-order valence-electron chi connectivity index (χ4n) is 4.55. The van der Waals surface area contributed by atoms with Crippen molar-refractivity contribution in [2.75, 3.05) is 25.9 Å². The molecule has 2 aliphatic rings. The summed E-state index contributed by atoms with van der Waals surface area (Å²) in [5, 5.41) is 0. The lowest BCUT2D eigenvalue weighted by Crippen LogP contribution is -2.44. The molecule has 0 aromatic heterocycles. The van der Waals surface area contributed by atoms with E-state index in [0.717, 1.165) is 24.7 Å². The van der Waals surface area contributed by atoms with Gasteiger partial charge >= 0.3 is 0 Å². The van der Waals surface area contributed by atoms with Gasteiger partial charge < -0.3 is 4.90 Å². The second-order valence-electron chi connectivity index (χ2n) is 8.55. The maximum Gasteiger partial charge on any atom is 0.226 e. The molecule has 2 aromatic carbocycles. The average molecular weight is 449 g/mol. The zero-order chi connectivity index (χ0) is 22.2. The number of nitrogens with one attached hydrogen (secondary N) is 1. The van der Waals surface area contributed by atoms with Gasteiger partial charge in [-0.2, -0.15) is 0 Å². The van der Waals surface area contributed by atoms with Gasteiger partial charge in [0.05, 0.1) is 11.8 Å². The van der Waals surface area contributed by atoms with Crippen LogP contribution in [-0.2, 0) is 14.8 Å². The van der Waals surface area contributed by atoms with E-state index >= 15 is 0 Å². The van der Waals surface area contributed by atoms with Crippen LogP contribution in [0.25, 0.3) is 11.1 Å². The van der Waals surface area contributed by atoms with Crippen LogP contribution in [0, 0.1) is 23.5 Å². The van der Waals surface area contributed by atoms with Crippen molar-refractivity contribution in [3.05, 3.63) is 59.7 Å². The van der Waals surface area contributed by atoms with Gasteiger partial charge in [0.25, 0.3) is 0 Å². The van der Waals surface area contributed by atoms with E-state index in [1.807, 2.05) is 17.0 Å². The van der Waals surface area contributed by atoms with E-state index in [0.29, 0.717) is 31.6 Å². The number of piperidine rings is 1. The van der Waals surface area contributed by atoms with E-state index in [1.54, 1.807) is 12.1 Å². The Labute approximate surface area is 181 Å². The molecule has 2 aromatic rings. The van der Waals surface area contributed by atoms with Gasteiger partial charge in [0.1, 0.15) is 11.6 Å². The summed E-state index contributed by atoms with van der Waals surface area (Å²) in [4.78, 5) is 14.9. The fraction of sp³-hybridized carbons (Fsp3) is 0.435. The Hall–Kier alpha value is -2.32. The number of benzene rings is 2. The van der Waals surface area contributed by atoms with Crippen molar-refractivity contribution in [1.29, 1.82) is 0 Å². The standard InChI is InChI=1S/C23H26F2N2O3S/c1-31(29,30)26-13-15-6-5-11-27(14-15)23(28)19-12-18(19)16-7-2-3-8-17(16)22-20(24)9-4-10-21(22)25/h2-4,7-10,15,18-19,26H,5-6,11-14H2,1H3/t15-,18-,19+/m0/s1. The minimum Gasteiger partial charge on any atom is -0.342 e. The number of carbonyl (C=O) groups is 1. The van der Waals surface area contributed by atoms with E-state index in [4.69, 9.17) is 0 Å². The normalized spacial score (nSPS) is 23.6. The zero-order valence-corrected chi connectivity index (χ0v) is 18.2. The van der Waals surface area contributed by atoms with Crippen LogP contribution < -0.4 is 4.72 Å². The van der Waals surface area contributed by atoms with E-state index in [9.17, 15) is 22.0 Å². The Morgan fingerprint density at radius 1 is 1.13 bits per heavy atom. The third-order valence-corrected chi connectivity index (χ3v) is 6.86. The van der Waals surface area contributed by atoms with Crippen molar-refractivity contribution in [3.63, 3.8) is 0 Å². The quantitative estimate of drug-likeness (QED) is 0.735. The molecule has 3 atom stereocenters. The predicted octanol–water partition coefficient (Wildman–Crippen LogP) is 3.52. The first-order valence-corrected chi connectivity index (χ1v) is 12.4. The average Bonchev–Trinajstić information content (AvgIpc) is 3.52. The Bertz CT molecular complexity index is 1070. The van der Waals surface area contributed by atoms with Gasteiger partial charge in [-0.15, -0.1) is 0 Å². The molecule has 1 saturated carbocycles. The summed E-state index contributed by atoms with van der Waals surface area (Å²) in [6.07, 6.45) is 3.48. The number of carbonyl (C=O) groups excluding carboxylic acids is 1. The number of sulfonamides is 1. The van der Waals surface area contributed by atoms with Crippen LogP contribution in [0.3, 0.4) is 0 Å². The Kier molecular flexibility index (Phi) is 6.12. The van der Waals surface area contributed by atoms with Crippen molar-refractivity contribution in [2.45, 2.75) is 25.2 Å². The first-order chi connectivity index (χ1) is 14.7. The summed E-state index contributed by atoms with van der Waals surface area (Å²) in [6.45, 7) is 1.50.